The standard InChI is InChI=1S/C10H14BrNO2S2/c1-7(8-2-3-8)6-12-16(13,14)10-5-4-9(11)15-10/h4-5,7-8,12H,2-3,6H2,1H3. The first kappa shape index (κ1) is 12.5. The number of hydrogen-bond donors (Lipinski definition) is 1. The minimum atomic E-state index is -3.30. The fourth-order valence-electron chi connectivity index (χ4n) is 1.59. The van der Waals surface area contributed by atoms with Gasteiger partial charge in [0, 0.05) is 6.54 Å². The largest absolute Gasteiger partial charge is 0.250 e. The average Bonchev–Trinajstić information content (AvgIpc) is 2.98. The van der Waals surface area contributed by atoms with E-state index in [2.05, 4.69) is 27.6 Å². The zero-order valence-corrected chi connectivity index (χ0v) is 12.2. The predicted octanol–water partition coefficient (Wildman–Crippen LogP) is 2.84. The maximum atomic E-state index is 11.9. The van der Waals surface area contributed by atoms with E-state index in [0.717, 1.165) is 9.70 Å². The van der Waals surface area contributed by atoms with Crippen LogP contribution in [0, 0.1) is 11.8 Å². The van der Waals surface area contributed by atoms with Crippen LogP contribution in [-0.4, -0.2) is 15.0 Å². The van der Waals surface area contributed by atoms with Crippen molar-refractivity contribution in [2.75, 3.05) is 6.54 Å². The fraction of sp³-hybridized carbons (Fsp3) is 0.600. The first-order valence-electron chi connectivity index (χ1n) is 5.24. The highest BCUT2D eigenvalue weighted by atomic mass is 79.9. The highest BCUT2D eigenvalue weighted by Crippen LogP contribution is 2.36. The van der Waals surface area contributed by atoms with Gasteiger partial charge in [-0.05, 0) is 52.7 Å². The van der Waals surface area contributed by atoms with Gasteiger partial charge >= 0.3 is 0 Å². The third kappa shape index (κ3) is 3.06. The van der Waals surface area contributed by atoms with Crippen LogP contribution in [0.4, 0.5) is 0 Å². The molecule has 1 aliphatic rings. The van der Waals surface area contributed by atoms with Crippen LogP contribution in [0.1, 0.15) is 19.8 Å². The van der Waals surface area contributed by atoms with E-state index < -0.39 is 10.0 Å². The van der Waals surface area contributed by atoms with Crippen molar-refractivity contribution in [1.29, 1.82) is 0 Å². The maximum Gasteiger partial charge on any atom is 0.250 e. The molecule has 3 nitrogen and oxygen atoms in total. The van der Waals surface area contributed by atoms with Crippen molar-refractivity contribution in [2.45, 2.75) is 24.0 Å². The molecule has 1 atom stereocenters. The summed E-state index contributed by atoms with van der Waals surface area (Å²) in [6.45, 7) is 2.65. The lowest BCUT2D eigenvalue weighted by molar-refractivity contribution is 0.492. The predicted molar refractivity (Wildman–Crippen MR) is 69.1 cm³/mol. The molecule has 0 spiro atoms. The Morgan fingerprint density at radius 2 is 2.25 bits per heavy atom. The first-order chi connectivity index (χ1) is 7.49. The topological polar surface area (TPSA) is 46.2 Å². The van der Waals surface area contributed by atoms with E-state index in [-0.39, 0.29) is 0 Å². The van der Waals surface area contributed by atoms with Crippen LogP contribution in [0.3, 0.4) is 0 Å². The Hall–Kier alpha value is 0.0900. The molecule has 0 radical (unpaired) electrons. The van der Waals surface area contributed by atoms with Gasteiger partial charge in [0.2, 0.25) is 10.0 Å². The van der Waals surface area contributed by atoms with Gasteiger partial charge in [-0.25, -0.2) is 13.1 Å². The number of hydrogen-bond acceptors (Lipinski definition) is 3. The molecule has 1 aliphatic carbocycles. The van der Waals surface area contributed by atoms with Crippen molar-refractivity contribution in [3.63, 3.8) is 0 Å². The van der Waals surface area contributed by atoms with Crippen LogP contribution < -0.4 is 4.72 Å². The van der Waals surface area contributed by atoms with E-state index >= 15 is 0 Å². The normalized spacial score (nSPS) is 18.6. The molecule has 1 heterocycles. The summed E-state index contributed by atoms with van der Waals surface area (Å²) < 4.78 is 27.6. The summed E-state index contributed by atoms with van der Waals surface area (Å²) in [5.41, 5.74) is 0. The van der Waals surface area contributed by atoms with Gasteiger partial charge in [0.25, 0.3) is 0 Å². The van der Waals surface area contributed by atoms with E-state index in [1.807, 2.05) is 0 Å². The number of halogens is 1. The molecular weight excluding hydrogens is 310 g/mol. The Bertz CT molecular complexity index is 465. The van der Waals surface area contributed by atoms with Gasteiger partial charge in [-0.1, -0.05) is 6.92 Å². The molecule has 1 saturated carbocycles. The van der Waals surface area contributed by atoms with Gasteiger partial charge in [-0.2, -0.15) is 0 Å². The minimum Gasteiger partial charge on any atom is -0.210 e. The summed E-state index contributed by atoms with van der Waals surface area (Å²) >= 11 is 4.50. The Morgan fingerprint density at radius 1 is 1.56 bits per heavy atom. The van der Waals surface area contributed by atoms with Gasteiger partial charge in [-0.15, -0.1) is 11.3 Å². The van der Waals surface area contributed by atoms with Crippen LogP contribution in [0.2, 0.25) is 0 Å². The second-order valence-electron chi connectivity index (χ2n) is 4.23. The van der Waals surface area contributed by atoms with Crippen molar-refractivity contribution in [3.05, 3.63) is 15.9 Å². The fourth-order valence-corrected chi connectivity index (χ4v) is 4.78. The molecule has 6 heteroatoms. The lowest BCUT2D eigenvalue weighted by atomic mass is 10.1. The van der Waals surface area contributed by atoms with Crippen LogP contribution in [0.5, 0.6) is 0 Å². The quantitative estimate of drug-likeness (QED) is 0.905. The molecule has 1 fully saturated rings. The summed E-state index contributed by atoms with van der Waals surface area (Å²) in [6, 6.07) is 3.38. The van der Waals surface area contributed by atoms with Gasteiger partial charge in [0.1, 0.15) is 4.21 Å². The van der Waals surface area contributed by atoms with Crippen LogP contribution in [-0.2, 0) is 10.0 Å². The summed E-state index contributed by atoms with van der Waals surface area (Å²) in [6.07, 6.45) is 2.49. The van der Waals surface area contributed by atoms with Crippen molar-refractivity contribution in [2.24, 2.45) is 11.8 Å². The molecule has 0 bridgehead atoms. The van der Waals surface area contributed by atoms with E-state index in [9.17, 15) is 8.42 Å². The molecule has 0 aliphatic heterocycles. The molecule has 16 heavy (non-hydrogen) atoms. The molecular formula is C10H14BrNO2S2. The number of nitrogens with one attached hydrogen (secondary N) is 1. The minimum absolute atomic E-state index is 0.377. The summed E-state index contributed by atoms with van der Waals surface area (Å²) in [4.78, 5) is 0. The molecule has 1 aromatic rings. The lowest BCUT2D eigenvalue weighted by Crippen LogP contribution is -2.28. The number of sulfonamides is 1. The zero-order valence-electron chi connectivity index (χ0n) is 8.94. The summed E-state index contributed by atoms with van der Waals surface area (Å²) in [7, 11) is -3.30. The SMILES string of the molecule is CC(CNS(=O)(=O)c1ccc(Br)s1)C1CC1. The molecule has 90 valence electrons. The van der Waals surface area contributed by atoms with Crippen molar-refractivity contribution >= 4 is 37.3 Å². The summed E-state index contributed by atoms with van der Waals surface area (Å²) in [5, 5.41) is 0. The monoisotopic (exact) mass is 323 g/mol. The van der Waals surface area contributed by atoms with Gasteiger partial charge in [0.05, 0.1) is 3.79 Å². The van der Waals surface area contributed by atoms with Crippen LogP contribution in [0.25, 0.3) is 0 Å². The molecule has 0 amide bonds. The molecule has 0 saturated heterocycles. The first-order valence-corrected chi connectivity index (χ1v) is 8.33. The smallest absolute Gasteiger partial charge is 0.210 e. The summed E-state index contributed by atoms with van der Waals surface area (Å²) in [5.74, 6) is 1.16. The van der Waals surface area contributed by atoms with E-state index in [0.29, 0.717) is 16.7 Å². The molecule has 0 aromatic carbocycles. The number of thiophene rings is 1. The van der Waals surface area contributed by atoms with Crippen molar-refractivity contribution in [1.82, 2.24) is 4.72 Å². The second kappa shape index (κ2) is 4.76. The van der Waals surface area contributed by atoms with Crippen molar-refractivity contribution in [3.8, 4) is 0 Å². The highest BCUT2D eigenvalue weighted by molar-refractivity contribution is 9.11. The van der Waals surface area contributed by atoms with Crippen LogP contribution in [0.15, 0.2) is 20.1 Å². The van der Waals surface area contributed by atoms with Gasteiger partial charge < -0.3 is 0 Å². The van der Waals surface area contributed by atoms with Crippen molar-refractivity contribution < 1.29 is 8.42 Å². The maximum absolute atomic E-state index is 11.9. The van der Waals surface area contributed by atoms with E-state index in [4.69, 9.17) is 0 Å². The Morgan fingerprint density at radius 3 is 2.75 bits per heavy atom. The Labute approximate surface area is 108 Å². The van der Waals surface area contributed by atoms with Gasteiger partial charge in [0.15, 0.2) is 0 Å². The van der Waals surface area contributed by atoms with Crippen LogP contribution >= 0.6 is 27.3 Å². The molecule has 1 unspecified atom stereocenters. The highest BCUT2D eigenvalue weighted by Gasteiger charge is 2.29. The Kier molecular flexibility index (Phi) is 3.73. The lowest BCUT2D eigenvalue weighted by Gasteiger charge is -2.10. The van der Waals surface area contributed by atoms with E-state index in [1.54, 1.807) is 12.1 Å². The zero-order chi connectivity index (χ0) is 11.8. The molecule has 2 rings (SSSR count). The third-order valence-corrected chi connectivity index (χ3v) is 6.37. The Balaban J connectivity index is 1.97. The van der Waals surface area contributed by atoms with Gasteiger partial charge in [-0.3, -0.25) is 0 Å². The molecule has 1 N–H and O–H groups in total. The number of rotatable bonds is 5. The average molecular weight is 324 g/mol. The van der Waals surface area contributed by atoms with E-state index in [1.165, 1.54) is 24.2 Å². The molecule has 1 aromatic heterocycles. The third-order valence-electron chi connectivity index (χ3n) is 2.84. The second-order valence-corrected chi connectivity index (χ2v) is 8.68.